The first-order valence-corrected chi connectivity index (χ1v) is 7.24. The quantitative estimate of drug-likeness (QED) is 0.330. The number of nitro groups is 1. The number of carbonyl (C=O) groups is 1. The summed E-state index contributed by atoms with van der Waals surface area (Å²) in [6.45, 7) is 1.01. The molecule has 0 aliphatic heterocycles. The molecular formula is C10H14N4O5S. The van der Waals surface area contributed by atoms with E-state index in [-0.39, 0.29) is 11.4 Å². The molecule has 0 aromatic heterocycles. The fourth-order valence-corrected chi connectivity index (χ4v) is 2.50. The molecule has 0 spiro atoms. The summed E-state index contributed by atoms with van der Waals surface area (Å²) in [6, 6.07) is 3.67. The first kappa shape index (κ1) is 15.9. The van der Waals surface area contributed by atoms with Gasteiger partial charge in [-0.3, -0.25) is 24.6 Å². The van der Waals surface area contributed by atoms with Gasteiger partial charge in [-0.05, 0) is 18.6 Å². The minimum Gasteiger partial charge on any atom is -0.293 e. The minimum atomic E-state index is -3.73. The van der Waals surface area contributed by atoms with E-state index in [0.29, 0.717) is 5.56 Å². The van der Waals surface area contributed by atoms with E-state index in [0.717, 1.165) is 10.6 Å². The van der Waals surface area contributed by atoms with Crippen molar-refractivity contribution in [3.05, 3.63) is 33.9 Å². The van der Waals surface area contributed by atoms with Crippen LogP contribution in [0.3, 0.4) is 0 Å². The molecule has 1 rings (SSSR count). The first-order valence-electron chi connectivity index (χ1n) is 5.39. The molecule has 1 aromatic rings. The first-order chi connectivity index (χ1) is 9.16. The SMILES string of the molecule is Cc1cc([N+](=O)[O-])ccc1N(CC(=O)NN)S(C)(=O)=O. The monoisotopic (exact) mass is 302 g/mol. The molecule has 1 aromatic carbocycles. The zero-order valence-electron chi connectivity index (χ0n) is 10.9. The molecule has 1 amide bonds. The number of benzene rings is 1. The lowest BCUT2D eigenvalue weighted by Crippen LogP contribution is -2.43. The molecule has 0 unspecified atom stereocenters. The number of anilines is 1. The van der Waals surface area contributed by atoms with Crippen LogP contribution in [0.5, 0.6) is 0 Å². The fourth-order valence-electron chi connectivity index (χ4n) is 1.59. The van der Waals surface area contributed by atoms with E-state index >= 15 is 0 Å². The zero-order valence-corrected chi connectivity index (χ0v) is 11.7. The Balaban J connectivity index is 3.28. The maximum Gasteiger partial charge on any atom is 0.269 e. The second-order valence-electron chi connectivity index (χ2n) is 4.07. The van der Waals surface area contributed by atoms with Gasteiger partial charge in [0.15, 0.2) is 0 Å². The van der Waals surface area contributed by atoms with Crippen molar-refractivity contribution >= 4 is 27.3 Å². The Kier molecular flexibility index (Phi) is 4.63. The zero-order chi connectivity index (χ0) is 15.5. The van der Waals surface area contributed by atoms with Gasteiger partial charge in [0.25, 0.3) is 11.6 Å². The average Bonchev–Trinajstić information content (AvgIpc) is 2.34. The van der Waals surface area contributed by atoms with E-state index in [2.05, 4.69) is 0 Å². The van der Waals surface area contributed by atoms with Crippen LogP contribution in [-0.4, -0.2) is 32.0 Å². The highest BCUT2D eigenvalue weighted by Crippen LogP contribution is 2.26. The molecular weight excluding hydrogens is 288 g/mol. The Morgan fingerprint density at radius 3 is 2.50 bits per heavy atom. The molecule has 3 N–H and O–H groups in total. The number of hydrogen-bond donors (Lipinski definition) is 2. The highest BCUT2D eigenvalue weighted by atomic mass is 32.2. The van der Waals surface area contributed by atoms with Crippen LogP contribution in [0.1, 0.15) is 5.56 Å². The van der Waals surface area contributed by atoms with E-state index in [9.17, 15) is 23.3 Å². The van der Waals surface area contributed by atoms with Crippen molar-refractivity contribution in [2.24, 2.45) is 5.84 Å². The summed E-state index contributed by atoms with van der Waals surface area (Å²) in [5.74, 6) is 4.23. The van der Waals surface area contributed by atoms with Crippen molar-refractivity contribution < 1.29 is 18.1 Å². The van der Waals surface area contributed by atoms with Gasteiger partial charge in [0, 0.05) is 12.1 Å². The molecule has 0 radical (unpaired) electrons. The van der Waals surface area contributed by atoms with Crippen molar-refractivity contribution in [3.63, 3.8) is 0 Å². The fraction of sp³-hybridized carbons (Fsp3) is 0.300. The van der Waals surface area contributed by atoms with E-state index in [1.54, 1.807) is 0 Å². The lowest BCUT2D eigenvalue weighted by Gasteiger charge is -2.22. The molecule has 0 fully saturated rings. The summed E-state index contributed by atoms with van der Waals surface area (Å²) in [5, 5.41) is 10.6. The van der Waals surface area contributed by atoms with Gasteiger partial charge in [-0.2, -0.15) is 0 Å². The van der Waals surface area contributed by atoms with Crippen LogP contribution in [0, 0.1) is 17.0 Å². The van der Waals surface area contributed by atoms with E-state index in [1.165, 1.54) is 25.1 Å². The van der Waals surface area contributed by atoms with Gasteiger partial charge in [-0.25, -0.2) is 14.3 Å². The van der Waals surface area contributed by atoms with Gasteiger partial charge in [0.1, 0.15) is 6.54 Å². The molecule has 0 heterocycles. The second kappa shape index (κ2) is 5.84. The molecule has 0 saturated carbocycles. The summed E-state index contributed by atoms with van der Waals surface area (Å²) in [7, 11) is -3.73. The third kappa shape index (κ3) is 3.65. The summed E-state index contributed by atoms with van der Waals surface area (Å²) >= 11 is 0. The third-order valence-electron chi connectivity index (χ3n) is 2.51. The van der Waals surface area contributed by atoms with Crippen LogP contribution in [0.2, 0.25) is 0 Å². The summed E-state index contributed by atoms with van der Waals surface area (Å²) < 4.78 is 24.3. The van der Waals surface area contributed by atoms with E-state index < -0.39 is 27.4 Å². The van der Waals surface area contributed by atoms with Crippen molar-refractivity contribution in [3.8, 4) is 0 Å². The Labute approximate surface area is 115 Å². The van der Waals surface area contributed by atoms with Crippen molar-refractivity contribution in [2.75, 3.05) is 17.1 Å². The van der Waals surface area contributed by atoms with Crippen LogP contribution in [0.25, 0.3) is 0 Å². The van der Waals surface area contributed by atoms with Crippen LogP contribution in [-0.2, 0) is 14.8 Å². The molecule has 0 aliphatic rings. The molecule has 9 nitrogen and oxygen atoms in total. The van der Waals surface area contributed by atoms with Gasteiger partial charge in [-0.1, -0.05) is 0 Å². The van der Waals surface area contributed by atoms with E-state index in [4.69, 9.17) is 5.84 Å². The minimum absolute atomic E-state index is 0.164. The Bertz CT molecular complexity index is 643. The predicted molar refractivity (Wildman–Crippen MR) is 72.4 cm³/mol. The number of hydrazine groups is 1. The largest absolute Gasteiger partial charge is 0.293 e. The van der Waals surface area contributed by atoms with Gasteiger partial charge in [0.05, 0.1) is 16.9 Å². The third-order valence-corrected chi connectivity index (χ3v) is 3.63. The van der Waals surface area contributed by atoms with Crippen LogP contribution < -0.4 is 15.6 Å². The molecule has 0 atom stereocenters. The smallest absolute Gasteiger partial charge is 0.269 e. The lowest BCUT2D eigenvalue weighted by molar-refractivity contribution is -0.384. The number of nitro benzene ring substituents is 1. The maximum absolute atomic E-state index is 11.7. The highest BCUT2D eigenvalue weighted by Gasteiger charge is 2.23. The lowest BCUT2D eigenvalue weighted by atomic mass is 10.2. The number of rotatable bonds is 5. The molecule has 10 heteroatoms. The molecule has 20 heavy (non-hydrogen) atoms. The number of nitrogens with two attached hydrogens (primary N) is 1. The number of amides is 1. The van der Waals surface area contributed by atoms with Gasteiger partial charge >= 0.3 is 0 Å². The predicted octanol–water partition coefficient (Wildman–Crippen LogP) is -0.341. The Morgan fingerprint density at radius 1 is 1.50 bits per heavy atom. The van der Waals surface area contributed by atoms with Gasteiger partial charge < -0.3 is 0 Å². The summed E-state index contributed by atoms with van der Waals surface area (Å²) in [4.78, 5) is 21.3. The van der Waals surface area contributed by atoms with Crippen molar-refractivity contribution in [1.29, 1.82) is 0 Å². The molecule has 0 aliphatic carbocycles. The topological polar surface area (TPSA) is 136 Å². The number of carbonyl (C=O) groups excluding carboxylic acids is 1. The number of nitrogens with zero attached hydrogens (tertiary/aromatic N) is 2. The second-order valence-corrected chi connectivity index (χ2v) is 5.97. The van der Waals surface area contributed by atoms with Gasteiger partial charge in [0.2, 0.25) is 10.0 Å². The van der Waals surface area contributed by atoms with Crippen molar-refractivity contribution in [2.45, 2.75) is 6.92 Å². The van der Waals surface area contributed by atoms with E-state index in [1.807, 2.05) is 5.43 Å². The van der Waals surface area contributed by atoms with Crippen LogP contribution in [0.15, 0.2) is 18.2 Å². The molecule has 0 bridgehead atoms. The maximum atomic E-state index is 11.7. The molecule has 110 valence electrons. The van der Waals surface area contributed by atoms with Crippen molar-refractivity contribution in [1.82, 2.24) is 5.43 Å². The number of nitrogens with one attached hydrogen (secondary N) is 1. The number of hydrogen-bond acceptors (Lipinski definition) is 6. The van der Waals surface area contributed by atoms with Crippen LogP contribution in [0.4, 0.5) is 11.4 Å². The average molecular weight is 302 g/mol. The number of sulfonamides is 1. The summed E-state index contributed by atoms with van der Waals surface area (Å²) in [6.07, 6.45) is 0.928. The standard InChI is InChI=1S/C10H14N4O5S/c1-7-5-8(14(16)17)3-4-9(7)13(20(2,18)19)6-10(15)12-11/h3-5H,6,11H2,1-2H3,(H,12,15). The number of aryl methyl sites for hydroxylation is 1. The Morgan fingerprint density at radius 2 is 2.10 bits per heavy atom. The highest BCUT2D eigenvalue weighted by molar-refractivity contribution is 7.92. The van der Waals surface area contributed by atoms with Gasteiger partial charge in [-0.15, -0.1) is 0 Å². The Hall–Kier alpha value is -2.20. The summed E-state index contributed by atoms with van der Waals surface area (Å²) in [5.41, 5.74) is 2.21. The normalized spacial score (nSPS) is 10.9. The molecule has 0 saturated heterocycles. The van der Waals surface area contributed by atoms with Crippen LogP contribution >= 0.6 is 0 Å². The number of non-ortho nitro benzene ring substituents is 1.